The maximum Gasteiger partial charge on any atom is 0.410 e. The molecule has 3 rings (SSSR count). The highest BCUT2D eigenvalue weighted by atomic mass is 19.4. The highest BCUT2D eigenvalue weighted by Gasteiger charge is 2.41. The van der Waals surface area contributed by atoms with Gasteiger partial charge in [-0.1, -0.05) is 12.1 Å². The minimum atomic E-state index is -4.48. The molecule has 0 aliphatic carbocycles. The summed E-state index contributed by atoms with van der Waals surface area (Å²) in [5, 5.41) is 9.71. The topological polar surface area (TPSA) is 76.0 Å². The summed E-state index contributed by atoms with van der Waals surface area (Å²) in [6.45, 7) is 1.02. The van der Waals surface area contributed by atoms with Gasteiger partial charge in [-0.3, -0.25) is 19.6 Å². The average molecular weight is 354 g/mol. The Kier molecular flexibility index (Phi) is 4.18. The molecule has 0 spiro atoms. The van der Waals surface area contributed by atoms with Gasteiger partial charge in [-0.25, -0.2) is 0 Å². The van der Waals surface area contributed by atoms with E-state index in [-0.39, 0.29) is 30.0 Å². The van der Waals surface area contributed by atoms with Crippen LogP contribution in [0.5, 0.6) is 0 Å². The van der Waals surface area contributed by atoms with Crippen molar-refractivity contribution >= 4 is 28.4 Å². The van der Waals surface area contributed by atoms with E-state index in [2.05, 4.69) is 15.7 Å². The molecule has 2 unspecified atom stereocenters. The van der Waals surface area contributed by atoms with Crippen LogP contribution in [-0.4, -0.2) is 34.8 Å². The number of hydrogen-bond donors (Lipinski definition) is 2. The van der Waals surface area contributed by atoms with E-state index in [0.29, 0.717) is 11.1 Å². The number of benzene rings is 1. The first-order valence-corrected chi connectivity index (χ1v) is 7.83. The van der Waals surface area contributed by atoms with Gasteiger partial charge in [-0.15, -0.1) is 0 Å². The SMILES string of the molecule is CNc1cccc2c(C3CCC(=O)NC3=O)nn(C(C)C(F)(F)F)c12. The monoisotopic (exact) mass is 354 g/mol. The molecule has 9 heteroatoms. The molecule has 1 aromatic heterocycles. The lowest BCUT2D eigenvalue weighted by molar-refractivity contribution is -0.164. The lowest BCUT2D eigenvalue weighted by Gasteiger charge is -2.20. The summed E-state index contributed by atoms with van der Waals surface area (Å²) in [6, 6.07) is 3.12. The van der Waals surface area contributed by atoms with Crippen LogP contribution in [0, 0.1) is 0 Å². The quantitative estimate of drug-likeness (QED) is 0.831. The van der Waals surface area contributed by atoms with Crippen molar-refractivity contribution < 1.29 is 22.8 Å². The summed E-state index contributed by atoms with van der Waals surface area (Å²) in [5.41, 5.74) is 1.03. The van der Waals surface area contributed by atoms with Crippen LogP contribution >= 0.6 is 0 Å². The lowest BCUT2D eigenvalue weighted by Crippen LogP contribution is -2.39. The van der Waals surface area contributed by atoms with Gasteiger partial charge in [0.2, 0.25) is 11.8 Å². The highest BCUT2D eigenvalue weighted by Crippen LogP contribution is 2.38. The molecule has 2 amide bonds. The molecule has 0 saturated carbocycles. The fourth-order valence-electron chi connectivity index (χ4n) is 3.05. The summed E-state index contributed by atoms with van der Waals surface area (Å²) in [6.07, 6.45) is -4.13. The second kappa shape index (κ2) is 6.05. The van der Waals surface area contributed by atoms with Crippen molar-refractivity contribution in [1.82, 2.24) is 15.1 Å². The molecule has 0 radical (unpaired) electrons. The van der Waals surface area contributed by atoms with E-state index in [9.17, 15) is 22.8 Å². The van der Waals surface area contributed by atoms with Gasteiger partial charge < -0.3 is 5.32 Å². The molecule has 1 aliphatic rings. The van der Waals surface area contributed by atoms with Crippen LogP contribution < -0.4 is 10.6 Å². The number of amides is 2. The molecule has 0 bridgehead atoms. The standard InChI is InChI=1S/C16H17F3N4O2/c1-8(16(17,18)19)23-14-9(4-3-5-11(14)20-2)13(22-23)10-6-7-12(24)21-15(10)25/h3-5,8,10,20H,6-7H2,1-2H3,(H,21,24,25). The van der Waals surface area contributed by atoms with Gasteiger partial charge in [0.25, 0.3) is 0 Å². The summed E-state index contributed by atoms with van der Waals surface area (Å²) >= 11 is 0. The van der Waals surface area contributed by atoms with E-state index in [4.69, 9.17) is 0 Å². The maximum atomic E-state index is 13.3. The van der Waals surface area contributed by atoms with Gasteiger partial charge >= 0.3 is 6.18 Å². The van der Waals surface area contributed by atoms with Crippen LogP contribution in [-0.2, 0) is 9.59 Å². The summed E-state index contributed by atoms with van der Waals surface area (Å²) in [7, 11) is 1.61. The number of piperidine rings is 1. The minimum absolute atomic E-state index is 0.130. The van der Waals surface area contributed by atoms with Crippen LogP contribution in [0.1, 0.15) is 37.4 Å². The number of fused-ring (bicyclic) bond motifs is 1. The Hall–Kier alpha value is -2.58. The first-order chi connectivity index (χ1) is 11.7. The summed E-state index contributed by atoms with van der Waals surface area (Å²) in [4.78, 5) is 23.5. The normalized spacial score (nSPS) is 19.8. The number of para-hydroxylation sites is 1. The van der Waals surface area contributed by atoms with Crippen LogP contribution in [0.2, 0.25) is 0 Å². The first-order valence-electron chi connectivity index (χ1n) is 7.83. The van der Waals surface area contributed by atoms with E-state index >= 15 is 0 Å². The number of nitrogens with zero attached hydrogens (tertiary/aromatic N) is 2. The van der Waals surface area contributed by atoms with E-state index in [1.807, 2.05) is 0 Å². The number of halogens is 3. The Morgan fingerprint density at radius 3 is 2.68 bits per heavy atom. The van der Waals surface area contributed by atoms with Crippen LogP contribution in [0.15, 0.2) is 18.2 Å². The number of imide groups is 1. The number of alkyl halides is 3. The second-order valence-electron chi connectivity index (χ2n) is 6.00. The van der Waals surface area contributed by atoms with E-state index in [1.54, 1.807) is 25.2 Å². The number of carbonyl (C=O) groups is 2. The Bertz CT molecular complexity index is 844. The molecule has 25 heavy (non-hydrogen) atoms. The summed E-state index contributed by atoms with van der Waals surface area (Å²) in [5.74, 6) is -1.67. The molecule has 1 saturated heterocycles. The Labute approximate surface area is 141 Å². The Balaban J connectivity index is 2.21. The third-order valence-corrected chi connectivity index (χ3v) is 4.44. The van der Waals surface area contributed by atoms with Crippen molar-refractivity contribution in [3.05, 3.63) is 23.9 Å². The van der Waals surface area contributed by atoms with Crippen molar-refractivity contribution in [1.29, 1.82) is 0 Å². The average Bonchev–Trinajstić information content (AvgIpc) is 2.92. The summed E-state index contributed by atoms with van der Waals surface area (Å²) < 4.78 is 40.7. The van der Waals surface area contributed by atoms with Crippen molar-refractivity contribution in [2.75, 3.05) is 12.4 Å². The van der Waals surface area contributed by atoms with Crippen LogP contribution in [0.4, 0.5) is 18.9 Å². The van der Waals surface area contributed by atoms with Gasteiger partial charge in [-0.2, -0.15) is 18.3 Å². The zero-order valence-corrected chi connectivity index (χ0v) is 13.6. The number of anilines is 1. The third-order valence-electron chi connectivity index (χ3n) is 4.44. The van der Waals surface area contributed by atoms with E-state index < -0.39 is 24.0 Å². The zero-order chi connectivity index (χ0) is 18.4. The van der Waals surface area contributed by atoms with Crippen molar-refractivity contribution in [2.24, 2.45) is 0 Å². The molecule has 134 valence electrons. The first kappa shape index (κ1) is 17.2. The maximum absolute atomic E-state index is 13.3. The van der Waals surface area contributed by atoms with Crippen molar-refractivity contribution in [3.63, 3.8) is 0 Å². The number of carbonyl (C=O) groups excluding carboxylic acids is 2. The Morgan fingerprint density at radius 1 is 1.36 bits per heavy atom. The number of hydrogen-bond acceptors (Lipinski definition) is 4. The number of nitrogens with one attached hydrogen (secondary N) is 2. The molecular formula is C16H17F3N4O2. The zero-order valence-electron chi connectivity index (χ0n) is 13.6. The predicted octanol–water partition coefficient (Wildman–Crippen LogP) is 2.72. The van der Waals surface area contributed by atoms with Crippen LogP contribution in [0.25, 0.3) is 10.9 Å². The fourth-order valence-corrected chi connectivity index (χ4v) is 3.05. The van der Waals surface area contributed by atoms with Gasteiger partial charge in [0.1, 0.15) is 6.04 Å². The van der Waals surface area contributed by atoms with Gasteiger partial charge in [0.05, 0.1) is 22.8 Å². The van der Waals surface area contributed by atoms with Gasteiger partial charge in [0.15, 0.2) is 0 Å². The minimum Gasteiger partial charge on any atom is -0.386 e. The van der Waals surface area contributed by atoms with Crippen molar-refractivity contribution in [3.8, 4) is 0 Å². The fraction of sp³-hybridized carbons (Fsp3) is 0.438. The number of aromatic nitrogens is 2. The largest absolute Gasteiger partial charge is 0.410 e. The molecule has 1 aliphatic heterocycles. The highest BCUT2D eigenvalue weighted by molar-refractivity contribution is 6.03. The van der Waals surface area contributed by atoms with Crippen LogP contribution in [0.3, 0.4) is 0 Å². The van der Waals surface area contributed by atoms with E-state index in [0.717, 1.165) is 11.6 Å². The third kappa shape index (κ3) is 2.94. The molecule has 1 aromatic carbocycles. The van der Waals surface area contributed by atoms with Gasteiger partial charge in [0, 0.05) is 18.9 Å². The smallest absolute Gasteiger partial charge is 0.386 e. The molecule has 6 nitrogen and oxygen atoms in total. The molecular weight excluding hydrogens is 337 g/mol. The number of rotatable bonds is 3. The molecule has 1 fully saturated rings. The Morgan fingerprint density at radius 2 is 2.08 bits per heavy atom. The molecule has 2 atom stereocenters. The van der Waals surface area contributed by atoms with Crippen molar-refractivity contribution in [2.45, 2.75) is 37.9 Å². The molecule has 2 aromatic rings. The van der Waals surface area contributed by atoms with Gasteiger partial charge in [-0.05, 0) is 19.4 Å². The second-order valence-corrected chi connectivity index (χ2v) is 6.00. The lowest BCUT2D eigenvalue weighted by atomic mass is 9.92. The van der Waals surface area contributed by atoms with E-state index in [1.165, 1.54) is 0 Å². The molecule has 2 heterocycles. The predicted molar refractivity (Wildman–Crippen MR) is 85.2 cm³/mol. The molecule has 2 N–H and O–H groups in total.